The van der Waals surface area contributed by atoms with E-state index in [0.717, 1.165) is 0 Å². The third kappa shape index (κ3) is 4.72. The third-order valence-electron chi connectivity index (χ3n) is 4.41. The van der Waals surface area contributed by atoms with Crippen LogP contribution in [0.25, 0.3) is 11.9 Å². The van der Waals surface area contributed by atoms with Gasteiger partial charge in [-0.05, 0) is 48.4 Å². The van der Waals surface area contributed by atoms with Gasteiger partial charge in [-0.3, -0.25) is 10.1 Å². The minimum atomic E-state index is -0.494. The van der Waals surface area contributed by atoms with Crippen molar-refractivity contribution < 1.29 is 18.8 Å². The van der Waals surface area contributed by atoms with Gasteiger partial charge in [0.05, 0.1) is 19.1 Å². The second kappa shape index (κ2) is 9.04. The first-order valence-electron chi connectivity index (χ1n) is 8.99. The Morgan fingerprint density at radius 3 is 2.40 bits per heavy atom. The number of nitrogens with zero attached hydrogens (tertiary/aromatic N) is 2. The van der Waals surface area contributed by atoms with Gasteiger partial charge in [0.15, 0.2) is 0 Å². The van der Waals surface area contributed by atoms with Crippen LogP contribution in [0.2, 0.25) is 0 Å². The highest BCUT2D eigenvalue weighted by molar-refractivity contribution is 5.78. The van der Waals surface area contributed by atoms with Crippen molar-refractivity contribution in [2.45, 2.75) is 6.92 Å². The highest BCUT2D eigenvalue weighted by Gasteiger charge is 2.16. The molecule has 30 heavy (non-hydrogen) atoms. The monoisotopic (exact) mass is 409 g/mol. The number of rotatable bonds is 7. The second-order valence-corrected chi connectivity index (χ2v) is 6.42. The van der Waals surface area contributed by atoms with Crippen molar-refractivity contribution in [3.05, 3.63) is 81.5 Å². The first-order chi connectivity index (χ1) is 14.4. The molecule has 8 heteroatoms. The Morgan fingerprint density at radius 1 is 1.13 bits per heavy atom. The lowest BCUT2D eigenvalue weighted by Crippen LogP contribution is -2.00. The van der Waals surface area contributed by atoms with Crippen LogP contribution in [-0.4, -0.2) is 24.1 Å². The Labute approximate surface area is 172 Å². The maximum atomic E-state index is 14.7. The molecule has 0 radical (unpaired) electrons. The van der Waals surface area contributed by atoms with E-state index in [9.17, 15) is 14.5 Å². The zero-order valence-corrected chi connectivity index (χ0v) is 16.7. The molecule has 0 unspecified atom stereocenters. The number of aryl methyl sites for hydroxylation is 1. The first-order valence-corrected chi connectivity index (χ1v) is 8.99. The molecule has 2 aromatic carbocycles. The number of anilines is 2. The molecule has 0 aliphatic heterocycles. The van der Waals surface area contributed by atoms with Crippen LogP contribution in [0, 0.1) is 17.0 Å². The van der Waals surface area contributed by atoms with Crippen molar-refractivity contribution >= 4 is 29.1 Å². The van der Waals surface area contributed by atoms with E-state index in [2.05, 4.69) is 10.3 Å². The molecule has 0 bridgehead atoms. The molecule has 1 aromatic heterocycles. The molecule has 0 saturated carbocycles. The summed E-state index contributed by atoms with van der Waals surface area (Å²) in [5, 5.41) is 14.2. The predicted octanol–water partition coefficient (Wildman–Crippen LogP) is 5.53. The lowest BCUT2D eigenvalue weighted by molar-refractivity contribution is -0.384. The van der Waals surface area contributed by atoms with Crippen LogP contribution < -0.4 is 14.8 Å². The van der Waals surface area contributed by atoms with E-state index < -0.39 is 10.8 Å². The van der Waals surface area contributed by atoms with Crippen molar-refractivity contribution in [2.24, 2.45) is 0 Å². The van der Waals surface area contributed by atoms with Crippen LogP contribution in [0.5, 0.6) is 11.5 Å². The Morgan fingerprint density at radius 2 is 1.83 bits per heavy atom. The second-order valence-electron chi connectivity index (χ2n) is 6.42. The van der Waals surface area contributed by atoms with Crippen molar-refractivity contribution in [1.29, 1.82) is 0 Å². The largest absolute Gasteiger partial charge is 0.497 e. The predicted molar refractivity (Wildman–Crippen MR) is 114 cm³/mol. The minimum Gasteiger partial charge on any atom is -0.497 e. The maximum Gasteiger partial charge on any atom is 0.292 e. The molecule has 0 amide bonds. The summed E-state index contributed by atoms with van der Waals surface area (Å²) in [6, 6.07) is 13.0. The Bertz CT molecular complexity index is 1080. The summed E-state index contributed by atoms with van der Waals surface area (Å²) < 4.78 is 25.1. The molecule has 0 spiro atoms. The number of ether oxygens (including phenoxy) is 2. The van der Waals surface area contributed by atoms with Gasteiger partial charge in [0.25, 0.3) is 5.69 Å². The van der Waals surface area contributed by atoms with E-state index in [1.165, 1.54) is 32.6 Å². The smallest absolute Gasteiger partial charge is 0.292 e. The van der Waals surface area contributed by atoms with Gasteiger partial charge in [-0.25, -0.2) is 9.37 Å². The molecule has 0 atom stereocenters. The van der Waals surface area contributed by atoms with E-state index in [1.54, 1.807) is 49.4 Å². The molecule has 7 nitrogen and oxygen atoms in total. The summed E-state index contributed by atoms with van der Waals surface area (Å²) in [6.45, 7) is 1.76. The highest BCUT2D eigenvalue weighted by Crippen LogP contribution is 2.31. The van der Waals surface area contributed by atoms with Gasteiger partial charge in [-0.15, -0.1) is 0 Å². The molecule has 0 aliphatic rings. The van der Waals surface area contributed by atoms with Gasteiger partial charge in [0.2, 0.25) is 0 Å². The zero-order chi connectivity index (χ0) is 21.7. The molecule has 0 fully saturated rings. The van der Waals surface area contributed by atoms with Crippen LogP contribution in [0.15, 0.2) is 54.7 Å². The highest BCUT2D eigenvalue weighted by atomic mass is 19.1. The average Bonchev–Trinajstić information content (AvgIpc) is 2.75. The standard InChI is InChI=1S/C22H20FN3O4/c1-14-5-4-6-20(26(27)28)22(14)25-21-8-7-16(13-24-21)19(23)11-15-9-17(29-2)12-18(10-15)30-3/h4-13H,1-3H3,(H,24,25)/b19-11-. The normalized spacial score (nSPS) is 11.1. The van der Waals surface area contributed by atoms with Crippen molar-refractivity contribution in [1.82, 2.24) is 4.98 Å². The summed E-state index contributed by atoms with van der Waals surface area (Å²) in [4.78, 5) is 15.0. The van der Waals surface area contributed by atoms with Gasteiger partial charge < -0.3 is 14.8 Å². The van der Waals surface area contributed by atoms with Crippen molar-refractivity contribution in [3.63, 3.8) is 0 Å². The van der Waals surface area contributed by atoms with Gasteiger partial charge in [-0.1, -0.05) is 12.1 Å². The fourth-order valence-corrected chi connectivity index (χ4v) is 2.85. The number of nitro groups is 1. The van der Waals surface area contributed by atoms with Crippen molar-refractivity contribution in [3.8, 4) is 11.5 Å². The van der Waals surface area contributed by atoms with E-state index in [4.69, 9.17) is 9.47 Å². The minimum absolute atomic E-state index is 0.0566. The third-order valence-corrected chi connectivity index (χ3v) is 4.41. The maximum absolute atomic E-state index is 14.7. The molecule has 0 saturated heterocycles. The Kier molecular flexibility index (Phi) is 6.26. The number of halogens is 1. The van der Waals surface area contributed by atoms with Gasteiger partial charge in [-0.2, -0.15) is 0 Å². The molecule has 0 aliphatic carbocycles. The van der Waals surface area contributed by atoms with E-state index in [0.29, 0.717) is 34.1 Å². The van der Waals surface area contributed by atoms with Crippen molar-refractivity contribution in [2.75, 3.05) is 19.5 Å². The number of benzene rings is 2. The van der Waals surface area contributed by atoms with Gasteiger partial charge in [0, 0.05) is 23.9 Å². The number of hydrogen-bond acceptors (Lipinski definition) is 6. The first kappa shape index (κ1) is 20.8. The van der Waals surface area contributed by atoms with E-state index >= 15 is 0 Å². The van der Waals surface area contributed by atoms with Crippen LogP contribution >= 0.6 is 0 Å². The topological polar surface area (TPSA) is 86.5 Å². The summed E-state index contributed by atoms with van der Waals surface area (Å²) in [5.74, 6) is 0.968. The number of pyridine rings is 1. The SMILES string of the molecule is COc1cc(/C=C(\F)c2ccc(Nc3c(C)cccc3[N+](=O)[O-])nc2)cc(OC)c1. The average molecular weight is 409 g/mol. The van der Waals surface area contributed by atoms with E-state index in [-0.39, 0.29) is 11.3 Å². The zero-order valence-electron chi connectivity index (χ0n) is 16.7. The summed E-state index contributed by atoms with van der Waals surface area (Å²) in [7, 11) is 3.04. The number of hydrogen-bond donors (Lipinski definition) is 1. The summed E-state index contributed by atoms with van der Waals surface area (Å²) in [6.07, 6.45) is 2.71. The number of aromatic nitrogens is 1. The molecule has 3 aromatic rings. The fourth-order valence-electron chi connectivity index (χ4n) is 2.85. The number of para-hydroxylation sites is 1. The molecule has 154 valence electrons. The summed E-state index contributed by atoms with van der Waals surface area (Å²) in [5.41, 5.74) is 1.83. The van der Waals surface area contributed by atoms with Crippen LogP contribution in [0.4, 0.5) is 21.6 Å². The number of methoxy groups -OCH3 is 2. The van der Waals surface area contributed by atoms with Gasteiger partial charge >= 0.3 is 0 Å². The number of nitro benzene ring substituents is 1. The molecular formula is C22H20FN3O4. The van der Waals surface area contributed by atoms with Crippen LogP contribution in [0.3, 0.4) is 0 Å². The molecule has 1 heterocycles. The quantitative estimate of drug-likeness (QED) is 0.408. The Balaban J connectivity index is 1.84. The Hall–Kier alpha value is -3.94. The fraction of sp³-hybridized carbons (Fsp3) is 0.136. The lowest BCUT2D eigenvalue weighted by Gasteiger charge is -2.10. The molecular weight excluding hydrogens is 389 g/mol. The van der Waals surface area contributed by atoms with Gasteiger partial charge in [0.1, 0.15) is 28.8 Å². The molecule has 3 rings (SSSR count). The van der Waals surface area contributed by atoms with Crippen LogP contribution in [0.1, 0.15) is 16.7 Å². The van der Waals surface area contributed by atoms with E-state index in [1.807, 2.05) is 0 Å². The summed E-state index contributed by atoms with van der Waals surface area (Å²) >= 11 is 0. The van der Waals surface area contributed by atoms with Crippen LogP contribution in [-0.2, 0) is 0 Å². The lowest BCUT2D eigenvalue weighted by atomic mass is 10.1. The number of nitrogens with one attached hydrogen (secondary N) is 1. The molecule has 1 N–H and O–H groups in total.